The minimum atomic E-state index is -1.24. The number of carbonyl (C=O) groups excluding carboxylic acids is 4. The second kappa shape index (κ2) is 11.1. The van der Waals surface area contributed by atoms with Crippen LogP contribution >= 0.6 is 11.3 Å². The first-order valence-electron chi connectivity index (χ1n) is 11.1. The topological polar surface area (TPSA) is 136 Å². The molecule has 0 aliphatic carbocycles. The molecule has 2 atom stereocenters. The zero-order valence-electron chi connectivity index (χ0n) is 20.2. The largest absolute Gasteiger partial charge is 0.497 e. The predicted molar refractivity (Wildman–Crippen MR) is 134 cm³/mol. The minimum absolute atomic E-state index is 0.0143. The summed E-state index contributed by atoms with van der Waals surface area (Å²) < 4.78 is 15.2. The van der Waals surface area contributed by atoms with Crippen molar-refractivity contribution in [3.05, 3.63) is 70.7 Å². The van der Waals surface area contributed by atoms with Gasteiger partial charge in [-0.1, -0.05) is 30.3 Å². The highest BCUT2D eigenvalue weighted by atomic mass is 32.1. The fourth-order valence-electron chi connectivity index (χ4n) is 3.91. The Morgan fingerprint density at radius 2 is 1.81 bits per heavy atom. The molecule has 0 bridgehead atoms. The van der Waals surface area contributed by atoms with E-state index >= 15 is 0 Å². The molecule has 4 rings (SSSR count). The number of nitrogens with one attached hydrogen (secondary N) is 2. The number of esters is 1. The van der Waals surface area contributed by atoms with Gasteiger partial charge in [0.2, 0.25) is 5.91 Å². The number of methoxy groups -OCH3 is 3. The molecule has 1 saturated heterocycles. The monoisotopic (exact) mass is 524 g/mol. The van der Waals surface area contributed by atoms with Crippen LogP contribution in [0.25, 0.3) is 0 Å². The Morgan fingerprint density at radius 1 is 1.08 bits per heavy atom. The average Bonchev–Trinajstić information content (AvgIpc) is 3.50. The van der Waals surface area contributed by atoms with Gasteiger partial charge in [-0.05, 0) is 29.3 Å². The van der Waals surface area contributed by atoms with Gasteiger partial charge in [-0.2, -0.15) is 0 Å². The average molecular weight is 525 g/mol. The van der Waals surface area contributed by atoms with Crippen molar-refractivity contribution in [2.75, 3.05) is 26.6 Å². The lowest BCUT2D eigenvalue weighted by atomic mass is 10.0. The Kier molecular flexibility index (Phi) is 7.68. The summed E-state index contributed by atoms with van der Waals surface area (Å²) in [5.41, 5.74) is 1.19. The number of aromatic nitrogens is 1. The predicted octanol–water partition coefficient (Wildman–Crippen LogP) is 2.79. The normalized spacial score (nSPS) is 15.6. The Balaban J connectivity index is 1.64. The molecule has 192 valence electrons. The summed E-state index contributed by atoms with van der Waals surface area (Å²) in [6.45, 7) is 0. The third-order valence-corrected chi connectivity index (χ3v) is 6.53. The SMILES string of the molecule is COC(=O)c1csc(NC(=O)[C@H](Cc2ccccc2OC)N2C(=O)N[C@H](c3ccc(OC)cc3)C2=O)n1. The Hall–Kier alpha value is -4.45. The van der Waals surface area contributed by atoms with Crippen LogP contribution in [0.4, 0.5) is 9.93 Å². The second-order valence-electron chi connectivity index (χ2n) is 7.91. The number of benzene rings is 2. The van der Waals surface area contributed by atoms with E-state index in [1.807, 2.05) is 0 Å². The van der Waals surface area contributed by atoms with Gasteiger partial charge >= 0.3 is 12.0 Å². The Morgan fingerprint density at radius 3 is 2.49 bits per heavy atom. The van der Waals surface area contributed by atoms with Crippen molar-refractivity contribution in [1.82, 2.24) is 15.2 Å². The van der Waals surface area contributed by atoms with E-state index in [2.05, 4.69) is 20.4 Å². The second-order valence-corrected chi connectivity index (χ2v) is 8.77. The smallest absolute Gasteiger partial charge is 0.357 e. The van der Waals surface area contributed by atoms with Crippen molar-refractivity contribution in [3.63, 3.8) is 0 Å². The van der Waals surface area contributed by atoms with Crippen LogP contribution in [0.5, 0.6) is 11.5 Å². The van der Waals surface area contributed by atoms with E-state index in [9.17, 15) is 19.2 Å². The number of rotatable bonds is 9. The fraction of sp³-hybridized carbons (Fsp3) is 0.240. The molecular formula is C25H24N4O7S. The van der Waals surface area contributed by atoms with Gasteiger partial charge in [-0.15, -0.1) is 11.3 Å². The summed E-state index contributed by atoms with van der Waals surface area (Å²) in [7, 11) is 4.24. The summed E-state index contributed by atoms with van der Waals surface area (Å²) in [5.74, 6) is -0.796. The third kappa shape index (κ3) is 5.38. The fourth-order valence-corrected chi connectivity index (χ4v) is 4.59. The summed E-state index contributed by atoms with van der Waals surface area (Å²) in [6.07, 6.45) is -0.0143. The molecular weight excluding hydrogens is 500 g/mol. The molecule has 11 nitrogen and oxygen atoms in total. The highest BCUT2D eigenvalue weighted by molar-refractivity contribution is 7.14. The number of hydrogen-bond acceptors (Lipinski definition) is 9. The van der Waals surface area contributed by atoms with Crippen molar-refractivity contribution in [2.45, 2.75) is 18.5 Å². The van der Waals surface area contributed by atoms with Crippen LogP contribution in [0.1, 0.15) is 27.7 Å². The number of hydrogen-bond donors (Lipinski definition) is 2. The van der Waals surface area contributed by atoms with E-state index < -0.39 is 35.9 Å². The van der Waals surface area contributed by atoms with Crippen molar-refractivity contribution in [3.8, 4) is 11.5 Å². The van der Waals surface area contributed by atoms with E-state index in [0.717, 1.165) is 16.2 Å². The lowest BCUT2D eigenvalue weighted by molar-refractivity contribution is -0.134. The van der Waals surface area contributed by atoms with E-state index in [1.165, 1.54) is 26.7 Å². The lowest BCUT2D eigenvalue weighted by Gasteiger charge is -2.25. The third-order valence-electron chi connectivity index (χ3n) is 5.77. The van der Waals surface area contributed by atoms with Crippen LogP contribution in [-0.2, 0) is 20.7 Å². The number of anilines is 1. The highest BCUT2D eigenvalue weighted by Crippen LogP contribution is 2.29. The maximum absolute atomic E-state index is 13.5. The van der Waals surface area contributed by atoms with Gasteiger partial charge in [0, 0.05) is 11.8 Å². The van der Waals surface area contributed by atoms with E-state index in [0.29, 0.717) is 22.6 Å². The van der Waals surface area contributed by atoms with Gasteiger partial charge in [0.1, 0.15) is 23.6 Å². The van der Waals surface area contributed by atoms with Gasteiger partial charge in [-0.3, -0.25) is 9.59 Å². The number of imide groups is 1. The quantitative estimate of drug-likeness (QED) is 0.322. The number of nitrogens with zero attached hydrogens (tertiary/aromatic N) is 2. The first-order chi connectivity index (χ1) is 17.9. The molecule has 0 unspecified atom stereocenters. The van der Waals surface area contributed by atoms with Crippen molar-refractivity contribution in [2.24, 2.45) is 0 Å². The van der Waals surface area contributed by atoms with Crippen LogP contribution < -0.4 is 20.1 Å². The number of para-hydroxylation sites is 1. The molecule has 0 spiro atoms. The van der Waals surface area contributed by atoms with Gasteiger partial charge in [-0.25, -0.2) is 19.5 Å². The van der Waals surface area contributed by atoms with Crippen LogP contribution in [0.3, 0.4) is 0 Å². The molecule has 1 aromatic heterocycles. The molecule has 1 fully saturated rings. The summed E-state index contributed by atoms with van der Waals surface area (Å²) in [4.78, 5) is 56.7. The highest BCUT2D eigenvalue weighted by Gasteiger charge is 2.45. The van der Waals surface area contributed by atoms with E-state index in [1.54, 1.807) is 48.5 Å². The van der Waals surface area contributed by atoms with Gasteiger partial charge in [0.25, 0.3) is 5.91 Å². The van der Waals surface area contributed by atoms with Crippen molar-refractivity contribution < 1.29 is 33.4 Å². The summed E-state index contributed by atoms with van der Waals surface area (Å²) in [5, 5.41) is 6.83. The molecule has 2 N–H and O–H groups in total. The number of ether oxygens (including phenoxy) is 3. The number of carbonyl (C=O) groups is 4. The van der Waals surface area contributed by atoms with Gasteiger partial charge in [0.05, 0.1) is 21.3 Å². The van der Waals surface area contributed by atoms with Crippen molar-refractivity contribution in [1.29, 1.82) is 0 Å². The molecule has 12 heteroatoms. The lowest BCUT2D eigenvalue weighted by Crippen LogP contribution is -2.49. The van der Waals surface area contributed by atoms with Crippen LogP contribution in [0.15, 0.2) is 53.9 Å². The first-order valence-corrected chi connectivity index (χ1v) is 12.0. The maximum Gasteiger partial charge on any atom is 0.357 e. The van der Waals surface area contributed by atoms with Crippen LogP contribution in [0, 0.1) is 0 Å². The molecule has 1 aliphatic heterocycles. The zero-order chi connectivity index (χ0) is 26.5. The number of thiazole rings is 1. The molecule has 0 saturated carbocycles. The summed E-state index contributed by atoms with van der Waals surface area (Å²) in [6, 6.07) is 10.8. The molecule has 2 aromatic carbocycles. The van der Waals surface area contributed by atoms with E-state index in [-0.39, 0.29) is 17.2 Å². The standard InChI is InChI=1S/C25H24N4O7S/c1-34-16-10-8-14(9-11-16)20-22(31)29(25(33)27-20)18(12-15-6-4-5-7-19(15)35-2)21(30)28-24-26-17(13-37-24)23(32)36-3/h4-11,13,18,20H,12H2,1-3H3,(H,27,33)(H,26,28,30)/t18-,20+/m0/s1. The molecule has 2 heterocycles. The van der Waals surface area contributed by atoms with E-state index in [4.69, 9.17) is 9.47 Å². The minimum Gasteiger partial charge on any atom is -0.497 e. The van der Waals surface area contributed by atoms with Gasteiger partial charge in [0.15, 0.2) is 10.8 Å². The van der Waals surface area contributed by atoms with Gasteiger partial charge < -0.3 is 24.8 Å². The number of amides is 4. The number of urea groups is 1. The molecule has 37 heavy (non-hydrogen) atoms. The Bertz CT molecular complexity index is 1320. The van der Waals surface area contributed by atoms with Crippen LogP contribution in [-0.4, -0.2) is 61.1 Å². The summed E-state index contributed by atoms with van der Waals surface area (Å²) >= 11 is 1.01. The molecule has 4 amide bonds. The molecule has 0 radical (unpaired) electrons. The zero-order valence-corrected chi connectivity index (χ0v) is 21.0. The van der Waals surface area contributed by atoms with Crippen molar-refractivity contribution >= 4 is 40.3 Å². The maximum atomic E-state index is 13.5. The van der Waals surface area contributed by atoms with Crippen LogP contribution in [0.2, 0.25) is 0 Å². The Labute approximate surface area is 216 Å². The molecule has 1 aliphatic rings. The molecule has 3 aromatic rings. The first kappa shape index (κ1) is 25.6.